The zero-order valence-electron chi connectivity index (χ0n) is 12.1. The minimum Gasteiger partial charge on any atom is -0.310 e. The van der Waals surface area contributed by atoms with Crippen LogP contribution in [0, 0.1) is 12.7 Å². The maximum atomic E-state index is 14.1. The fourth-order valence-corrected chi connectivity index (χ4v) is 2.79. The Hall–Kier alpha value is -1.32. The minimum atomic E-state index is -0.154. The van der Waals surface area contributed by atoms with Crippen LogP contribution < -0.4 is 5.32 Å². The van der Waals surface area contributed by atoms with Gasteiger partial charge in [0, 0.05) is 17.5 Å². The lowest BCUT2D eigenvalue weighted by molar-refractivity contribution is 0.564. The predicted octanol–water partition coefficient (Wildman–Crippen LogP) is 4.78. The maximum absolute atomic E-state index is 14.1. The molecule has 2 rings (SSSR count). The second kappa shape index (κ2) is 6.91. The van der Waals surface area contributed by atoms with Crippen molar-refractivity contribution in [3.63, 3.8) is 0 Å². The molecule has 1 nitrogen and oxygen atoms in total. The number of aryl methyl sites for hydroxylation is 1. The molecule has 2 aromatic rings. The first-order valence-electron chi connectivity index (χ1n) is 6.81. The molecule has 0 aliphatic heterocycles. The minimum absolute atomic E-state index is 0.154. The molecule has 0 saturated carbocycles. The summed E-state index contributed by atoms with van der Waals surface area (Å²) in [6.45, 7) is 6.91. The van der Waals surface area contributed by atoms with E-state index in [2.05, 4.69) is 38.2 Å². The SMILES string of the molecule is Cc1ccc(Sc2c(F)cccc2CNC(C)C)cc1. The van der Waals surface area contributed by atoms with Gasteiger partial charge in [-0.15, -0.1) is 0 Å². The number of benzene rings is 2. The Bertz CT molecular complexity index is 564. The second-order valence-electron chi connectivity index (χ2n) is 5.18. The Morgan fingerprint density at radius 1 is 1.10 bits per heavy atom. The summed E-state index contributed by atoms with van der Waals surface area (Å²) in [6, 6.07) is 13.8. The summed E-state index contributed by atoms with van der Waals surface area (Å²) in [7, 11) is 0. The number of hydrogen-bond donors (Lipinski definition) is 1. The Morgan fingerprint density at radius 3 is 2.45 bits per heavy atom. The lowest BCUT2D eigenvalue weighted by Crippen LogP contribution is -2.22. The maximum Gasteiger partial charge on any atom is 0.137 e. The smallest absolute Gasteiger partial charge is 0.137 e. The zero-order valence-corrected chi connectivity index (χ0v) is 12.9. The molecular formula is C17H20FNS. The van der Waals surface area contributed by atoms with E-state index in [1.54, 1.807) is 6.07 Å². The van der Waals surface area contributed by atoms with Gasteiger partial charge in [-0.2, -0.15) is 0 Å². The fourth-order valence-electron chi connectivity index (χ4n) is 1.85. The third-order valence-corrected chi connectivity index (χ3v) is 4.16. The van der Waals surface area contributed by atoms with Crippen molar-refractivity contribution in [1.82, 2.24) is 5.32 Å². The molecule has 0 radical (unpaired) electrons. The van der Waals surface area contributed by atoms with Crippen molar-refractivity contribution in [1.29, 1.82) is 0 Å². The Kier molecular flexibility index (Phi) is 5.21. The molecule has 0 unspecified atom stereocenters. The number of rotatable bonds is 5. The highest BCUT2D eigenvalue weighted by molar-refractivity contribution is 7.99. The van der Waals surface area contributed by atoms with E-state index in [1.165, 1.54) is 23.4 Å². The molecule has 0 aliphatic carbocycles. The fraction of sp³-hybridized carbons (Fsp3) is 0.294. The predicted molar refractivity (Wildman–Crippen MR) is 83.7 cm³/mol. The molecule has 0 aromatic heterocycles. The van der Waals surface area contributed by atoms with Crippen molar-refractivity contribution < 1.29 is 4.39 Å². The van der Waals surface area contributed by atoms with Gasteiger partial charge in [-0.25, -0.2) is 4.39 Å². The van der Waals surface area contributed by atoms with E-state index in [4.69, 9.17) is 0 Å². The molecule has 0 spiro atoms. The highest BCUT2D eigenvalue weighted by atomic mass is 32.2. The van der Waals surface area contributed by atoms with Crippen LogP contribution in [-0.4, -0.2) is 6.04 Å². The van der Waals surface area contributed by atoms with E-state index < -0.39 is 0 Å². The van der Waals surface area contributed by atoms with Gasteiger partial charge >= 0.3 is 0 Å². The van der Waals surface area contributed by atoms with Gasteiger partial charge in [-0.3, -0.25) is 0 Å². The van der Waals surface area contributed by atoms with Gasteiger partial charge in [-0.05, 0) is 30.7 Å². The lowest BCUT2D eigenvalue weighted by atomic mass is 10.2. The topological polar surface area (TPSA) is 12.0 Å². The number of halogens is 1. The van der Waals surface area contributed by atoms with Crippen LogP contribution in [0.5, 0.6) is 0 Å². The Balaban J connectivity index is 2.23. The third-order valence-electron chi connectivity index (χ3n) is 2.99. The average molecular weight is 289 g/mol. The van der Waals surface area contributed by atoms with Gasteiger partial charge < -0.3 is 5.32 Å². The molecule has 106 valence electrons. The van der Waals surface area contributed by atoms with Crippen LogP contribution in [-0.2, 0) is 6.54 Å². The molecule has 1 N–H and O–H groups in total. The Morgan fingerprint density at radius 2 is 1.80 bits per heavy atom. The van der Waals surface area contributed by atoms with Gasteiger partial charge in [0.15, 0.2) is 0 Å². The summed E-state index contributed by atoms with van der Waals surface area (Å²) < 4.78 is 14.1. The molecule has 0 fully saturated rings. The van der Waals surface area contributed by atoms with Crippen molar-refractivity contribution in [3.05, 3.63) is 59.4 Å². The Labute approximate surface area is 124 Å². The zero-order chi connectivity index (χ0) is 14.5. The van der Waals surface area contributed by atoms with E-state index in [1.807, 2.05) is 18.2 Å². The monoisotopic (exact) mass is 289 g/mol. The normalized spacial score (nSPS) is 11.1. The van der Waals surface area contributed by atoms with Gasteiger partial charge in [-0.1, -0.05) is 55.4 Å². The summed E-state index contributed by atoms with van der Waals surface area (Å²) >= 11 is 1.49. The van der Waals surface area contributed by atoms with E-state index >= 15 is 0 Å². The lowest BCUT2D eigenvalue weighted by Gasteiger charge is -2.13. The second-order valence-corrected chi connectivity index (χ2v) is 6.26. The molecule has 20 heavy (non-hydrogen) atoms. The quantitative estimate of drug-likeness (QED) is 0.850. The van der Waals surface area contributed by atoms with E-state index in [0.717, 1.165) is 10.5 Å². The van der Waals surface area contributed by atoms with E-state index in [-0.39, 0.29) is 5.82 Å². The molecule has 3 heteroatoms. The molecule has 2 aromatic carbocycles. The van der Waals surface area contributed by atoms with Crippen LogP contribution in [0.2, 0.25) is 0 Å². The van der Waals surface area contributed by atoms with Crippen molar-refractivity contribution in [2.45, 2.75) is 43.1 Å². The van der Waals surface area contributed by atoms with Gasteiger partial charge in [0.1, 0.15) is 5.82 Å². The first kappa shape index (κ1) is 15.1. The molecule has 0 atom stereocenters. The van der Waals surface area contributed by atoms with E-state index in [0.29, 0.717) is 17.5 Å². The highest BCUT2D eigenvalue weighted by Crippen LogP contribution is 2.32. The van der Waals surface area contributed by atoms with E-state index in [9.17, 15) is 4.39 Å². The van der Waals surface area contributed by atoms with Crippen LogP contribution in [0.25, 0.3) is 0 Å². The van der Waals surface area contributed by atoms with Gasteiger partial charge in [0.2, 0.25) is 0 Å². The molecule has 0 aliphatic rings. The third kappa shape index (κ3) is 4.09. The van der Waals surface area contributed by atoms with Crippen molar-refractivity contribution in [2.24, 2.45) is 0 Å². The summed E-state index contributed by atoms with van der Waals surface area (Å²) in [5, 5.41) is 3.34. The van der Waals surface area contributed by atoms with Gasteiger partial charge in [0.05, 0.1) is 4.90 Å². The molecular weight excluding hydrogens is 269 g/mol. The summed E-state index contributed by atoms with van der Waals surface area (Å²) in [5.41, 5.74) is 2.22. The molecule has 0 amide bonds. The first-order valence-corrected chi connectivity index (χ1v) is 7.63. The highest BCUT2D eigenvalue weighted by Gasteiger charge is 2.10. The van der Waals surface area contributed by atoms with Crippen molar-refractivity contribution in [2.75, 3.05) is 0 Å². The number of nitrogens with one attached hydrogen (secondary N) is 1. The average Bonchev–Trinajstić information content (AvgIpc) is 2.41. The largest absolute Gasteiger partial charge is 0.310 e. The molecule has 0 bridgehead atoms. The van der Waals surface area contributed by atoms with Gasteiger partial charge in [0.25, 0.3) is 0 Å². The van der Waals surface area contributed by atoms with Crippen molar-refractivity contribution in [3.8, 4) is 0 Å². The van der Waals surface area contributed by atoms with Crippen LogP contribution in [0.1, 0.15) is 25.0 Å². The molecule has 0 heterocycles. The van der Waals surface area contributed by atoms with Crippen LogP contribution >= 0.6 is 11.8 Å². The van der Waals surface area contributed by atoms with Crippen LogP contribution in [0.4, 0.5) is 4.39 Å². The van der Waals surface area contributed by atoms with Crippen LogP contribution in [0.15, 0.2) is 52.3 Å². The summed E-state index contributed by atoms with van der Waals surface area (Å²) in [6.07, 6.45) is 0. The van der Waals surface area contributed by atoms with Crippen LogP contribution in [0.3, 0.4) is 0 Å². The summed E-state index contributed by atoms with van der Waals surface area (Å²) in [4.78, 5) is 1.77. The summed E-state index contributed by atoms with van der Waals surface area (Å²) in [5.74, 6) is -0.154. The molecule has 0 saturated heterocycles. The standard InChI is InChI=1S/C17H20FNS/c1-12(2)19-11-14-5-4-6-16(18)17(14)20-15-9-7-13(3)8-10-15/h4-10,12,19H,11H2,1-3H3. The number of hydrogen-bond acceptors (Lipinski definition) is 2. The van der Waals surface area contributed by atoms with Crippen molar-refractivity contribution >= 4 is 11.8 Å². The first-order chi connectivity index (χ1) is 9.56.